The van der Waals surface area contributed by atoms with E-state index in [1.165, 1.54) is 18.4 Å². The van der Waals surface area contributed by atoms with Crippen molar-refractivity contribution in [2.75, 3.05) is 0 Å². The first kappa shape index (κ1) is 11.5. The summed E-state index contributed by atoms with van der Waals surface area (Å²) in [6.45, 7) is 7.00. The average Bonchev–Trinajstić information content (AvgIpc) is 2.74. The van der Waals surface area contributed by atoms with Crippen LogP contribution in [0.2, 0.25) is 0 Å². The van der Waals surface area contributed by atoms with Gasteiger partial charge < -0.3 is 0 Å². The number of fused-ring (bicyclic) bond motifs is 1. The molecular weight excluding hydrogens is 208 g/mol. The van der Waals surface area contributed by atoms with E-state index >= 15 is 0 Å². The van der Waals surface area contributed by atoms with Crippen LogP contribution in [0.3, 0.4) is 0 Å². The molecule has 17 heavy (non-hydrogen) atoms. The van der Waals surface area contributed by atoms with Gasteiger partial charge in [-0.3, -0.25) is 4.79 Å². The number of Topliss-reactive ketones (excluding diaryl/α,β-unsaturated/α-hetero) is 1. The maximum atomic E-state index is 12.7. The van der Waals surface area contributed by atoms with Crippen molar-refractivity contribution < 1.29 is 4.79 Å². The summed E-state index contributed by atoms with van der Waals surface area (Å²) in [6.07, 6.45) is 10.5. The molecule has 0 amide bonds. The Kier molecular flexibility index (Phi) is 2.19. The Hall–Kier alpha value is -0.590. The molecule has 1 spiro atoms. The van der Waals surface area contributed by atoms with Crippen molar-refractivity contribution in [2.24, 2.45) is 16.2 Å². The molecule has 2 bridgehead atoms. The fourth-order valence-corrected chi connectivity index (χ4v) is 4.99. The van der Waals surface area contributed by atoms with Crippen LogP contribution in [0.5, 0.6) is 0 Å². The smallest absolute Gasteiger partial charge is 0.165 e. The predicted molar refractivity (Wildman–Crippen MR) is 69.7 cm³/mol. The SMILES string of the molecule is CCCC12CCC3(C1)C(=CCCC3(C)C)C2=O. The van der Waals surface area contributed by atoms with Crippen LogP contribution in [0.25, 0.3) is 0 Å². The molecule has 1 nitrogen and oxygen atoms in total. The number of rotatable bonds is 2. The number of allylic oxidation sites excluding steroid dienone is 2. The Morgan fingerprint density at radius 2 is 2.00 bits per heavy atom. The lowest BCUT2D eigenvalue weighted by molar-refractivity contribution is -0.124. The molecule has 3 aliphatic carbocycles. The molecule has 2 fully saturated rings. The molecule has 94 valence electrons. The maximum Gasteiger partial charge on any atom is 0.165 e. The molecule has 0 N–H and O–H groups in total. The molecular formula is C16H24O. The van der Waals surface area contributed by atoms with Crippen LogP contribution in [-0.4, -0.2) is 5.78 Å². The molecule has 1 heteroatoms. The molecule has 0 radical (unpaired) electrons. The summed E-state index contributed by atoms with van der Waals surface area (Å²) in [5, 5.41) is 0. The van der Waals surface area contributed by atoms with Gasteiger partial charge in [0.1, 0.15) is 0 Å². The van der Waals surface area contributed by atoms with Crippen LogP contribution >= 0.6 is 0 Å². The second kappa shape index (κ2) is 3.24. The highest BCUT2D eigenvalue weighted by Gasteiger charge is 2.67. The summed E-state index contributed by atoms with van der Waals surface area (Å²) in [7, 11) is 0. The lowest BCUT2D eigenvalue weighted by Gasteiger charge is -2.46. The van der Waals surface area contributed by atoms with Gasteiger partial charge in [0.25, 0.3) is 0 Å². The van der Waals surface area contributed by atoms with Crippen molar-refractivity contribution in [1.29, 1.82) is 0 Å². The van der Waals surface area contributed by atoms with Gasteiger partial charge in [0, 0.05) is 10.8 Å². The summed E-state index contributed by atoms with van der Waals surface area (Å²) in [6, 6.07) is 0. The van der Waals surface area contributed by atoms with Gasteiger partial charge in [-0.05, 0) is 49.5 Å². The fraction of sp³-hybridized carbons (Fsp3) is 0.812. The largest absolute Gasteiger partial charge is 0.294 e. The Labute approximate surface area is 105 Å². The van der Waals surface area contributed by atoms with E-state index in [0.717, 1.165) is 32.1 Å². The first-order chi connectivity index (χ1) is 7.97. The van der Waals surface area contributed by atoms with Crippen LogP contribution in [0.1, 0.15) is 65.7 Å². The summed E-state index contributed by atoms with van der Waals surface area (Å²) in [5.41, 5.74) is 1.85. The minimum atomic E-state index is 0.0438. The van der Waals surface area contributed by atoms with Crippen LogP contribution in [0.4, 0.5) is 0 Å². The quantitative estimate of drug-likeness (QED) is 0.694. The van der Waals surface area contributed by atoms with Gasteiger partial charge in [0.2, 0.25) is 0 Å². The Morgan fingerprint density at radius 3 is 2.65 bits per heavy atom. The topological polar surface area (TPSA) is 17.1 Å². The molecule has 0 aromatic heterocycles. The van der Waals surface area contributed by atoms with E-state index in [-0.39, 0.29) is 10.8 Å². The fourth-order valence-electron chi connectivity index (χ4n) is 4.99. The zero-order chi connectivity index (χ0) is 12.3. The third-order valence-electron chi connectivity index (χ3n) is 6.05. The predicted octanol–water partition coefficient (Wildman–Crippen LogP) is 4.27. The summed E-state index contributed by atoms with van der Waals surface area (Å²) in [5.74, 6) is 0.526. The Balaban J connectivity index is 2.10. The van der Waals surface area contributed by atoms with E-state index in [2.05, 4.69) is 26.8 Å². The van der Waals surface area contributed by atoms with Gasteiger partial charge in [-0.25, -0.2) is 0 Å². The first-order valence-corrected chi connectivity index (χ1v) is 7.23. The Morgan fingerprint density at radius 1 is 1.24 bits per heavy atom. The van der Waals surface area contributed by atoms with Crippen LogP contribution < -0.4 is 0 Å². The molecule has 0 aromatic rings. The van der Waals surface area contributed by atoms with Gasteiger partial charge in [0.15, 0.2) is 5.78 Å². The van der Waals surface area contributed by atoms with Crippen molar-refractivity contribution in [3.05, 3.63) is 11.6 Å². The monoisotopic (exact) mass is 232 g/mol. The number of carbonyl (C=O) groups excluding carboxylic acids is 1. The average molecular weight is 232 g/mol. The Bertz CT molecular complexity index is 404. The highest BCUT2D eigenvalue weighted by atomic mass is 16.1. The van der Waals surface area contributed by atoms with E-state index in [1.807, 2.05) is 0 Å². The van der Waals surface area contributed by atoms with Crippen LogP contribution in [-0.2, 0) is 4.79 Å². The second-order valence-electron chi connectivity index (χ2n) is 7.16. The summed E-state index contributed by atoms with van der Waals surface area (Å²) in [4.78, 5) is 12.7. The maximum absolute atomic E-state index is 12.7. The van der Waals surface area contributed by atoms with E-state index < -0.39 is 0 Å². The normalized spacial score (nSPS) is 42.5. The first-order valence-electron chi connectivity index (χ1n) is 7.23. The van der Waals surface area contributed by atoms with Gasteiger partial charge in [-0.2, -0.15) is 0 Å². The molecule has 2 unspecified atom stereocenters. The molecule has 0 aromatic carbocycles. The number of hydrogen-bond donors (Lipinski definition) is 0. The zero-order valence-electron chi connectivity index (χ0n) is 11.4. The van der Waals surface area contributed by atoms with Gasteiger partial charge in [0.05, 0.1) is 0 Å². The van der Waals surface area contributed by atoms with Crippen molar-refractivity contribution in [3.63, 3.8) is 0 Å². The molecule has 3 rings (SSSR count). The van der Waals surface area contributed by atoms with E-state index in [9.17, 15) is 4.79 Å². The van der Waals surface area contributed by atoms with Crippen molar-refractivity contribution in [1.82, 2.24) is 0 Å². The lowest BCUT2D eigenvalue weighted by Crippen LogP contribution is -2.40. The summed E-state index contributed by atoms with van der Waals surface area (Å²) >= 11 is 0. The van der Waals surface area contributed by atoms with Gasteiger partial charge in [-0.1, -0.05) is 33.3 Å². The van der Waals surface area contributed by atoms with Gasteiger partial charge >= 0.3 is 0 Å². The highest BCUT2D eigenvalue weighted by Crippen LogP contribution is 2.71. The molecule has 3 aliphatic rings. The number of carbonyl (C=O) groups is 1. The van der Waals surface area contributed by atoms with Crippen LogP contribution in [0, 0.1) is 16.2 Å². The summed E-state index contributed by atoms with van der Waals surface area (Å²) < 4.78 is 0. The third-order valence-corrected chi connectivity index (χ3v) is 6.05. The number of ketones is 1. The third kappa shape index (κ3) is 1.18. The number of hydrogen-bond acceptors (Lipinski definition) is 1. The second-order valence-corrected chi connectivity index (χ2v) is 7.16. The van der Waals surface area contributed by atoms with Crippen LogP contribution in [0.15, 0.2) is 11.6 Å². The van der Waals surface area contributed by atoms with E-state index in [4.69, 9.17) is 0 Å². The minimum Gasteiger partial charge on any atom is -0.294 e. The van der Waals surface area contributed by atoms with E-state index in [0.29, 0.717) is 11.2 Å². The standard InChI is InChI=1S/C16H24O/c1-4-7-15-9-10-16(11-15)12(13(15)17)6-5-8-14(16,2)3/h6H,4-5,7-11H2,1-3H3. The van der Waals surface area contributed by atoms with E-state index in [1.54, 1.807) is 0 Å². The highest BCUT2D eigenvalue weighted by molar-refractivity contribution is 6.05. The molecule has 0 saturated heterocycles. The van der Waals surface area contributed by atoms with Crippen molar-refractivity contribution in [2.45, 2.75) is 65.7 Å². The van der Waals surface area contributed by atoms with Gasteiger partial charge in [-0.15, -0.1) is 0 Å². The molecule has 0 heterocycles. The molecule has 2 saturated carbocycles. The minimum absolute atomic E-state index is 0.0438. The van der Waals surface area contributed by atoms with Crippen molar-refractivity contribution in [3.8, 4) is 0 Å². The molecule has 0 aliphatic heterocycles. The zero-order valence-corrected chi connectivity index (χ0v) is 11.4. The van der Waals surface area contributed by atoms with Crippen molar-refractivity contribution >= 4 is 5.78 Å². The lowest BCUT2D eigenvalue weighted by atomic mass is 9.57. The molecule has 2 atom stereocenters.